The maximum atomic E-state index is 5.85. The molecule has 0 aliphatic heterocycles. The number of nitrogens with one attached hydrogen (secondary N) is 1. The van der Waals surface area contributed by atoms with Crippen molar-refractivity contribution in [1.82, 2.24) is 9.97 Å². The van der Waals surface area contributed by atoms with Gasteiger partial charge >= 0.3 is 0 Å². The summed E-state index contributed by atoms with van der Waals surface area (Å²) in [5.74, 6) is 0.911. The molecule has 18 heavy (non-hydrogen) atoms. The second-order valence-corrected chi connectivity index (χ2v) is 5.11. The third-order valence-electron chi connectivity index (χ3n) is 4.03. The van der Waals surface area contributed by atoms with E-state index in [1.165, 1.54) is 19.3 Å². The topological polar surface area (TPSA) is 63.8 Å². The van der Waals surface area contributed by atoms with E-state index in [-0.39, 0.29) is 5.54 Å². The summed E-state index contributed by atoms with van der Waals surface area (Å²) >= 11 is 0. The lowest BCUT2D eigenvalue weighted by Crippen LogP contribution is -2.44. The molecule has 0 amide bonds. The highest BCUT2D eigenvalue weighted by Gasteiger charge is 2.35. The number of anilines is 2. The Morgan fingerprint density at radius 3 is 2.83 bits per heavy atom. The number of fused-ring (bicyclic) bond motifs is 1. The molecule has 0 radical (unpaired) electrons. The van der Waals surface area contributed by atoms with Crippen molar-refractivity contribution in [3.05, 3.63) is 24.5 Å². The van der Waals surface area contributed by atoms with E-state index >= 15 is 0 Å². The molecule has 0 spiro atoms. The van der Waals surface area contributed by atoms with Crippen LogP contribution >= 0.6 is 0 Å². The van der Waals surface area contributed by atoms with Gasteiger partial charge in [-0.15, -0.1) is 0 Å². The molecular weight excluding hydrogens is 224 g/mol. The average Bonchev–Trinajstić information content (AvgIpc) is 2.34. The maximum absolute atomic E-state index is 5.85. The van der Waals surface area contributed by atoms with Gasteiger partial charge in [0.15, 0.2) is 0 Å². The van der Waals surface area contributed by atoms with Crippen LogP contribution in [-0.4, -0.2) is 15.5 Å². The van der Waals surface area contributed by atoms with E-state index in [1.807, 2.05) is 18.2 Å². The van der Waals surface area contributed by atoms with Crippen LogP contribution in [0.3, 0.4) is 0 Å². The number of nitrogen functional groups attached to an aromatic ring is 1. The lowest BCUT2D eigenvalue weighted by Gasteiger charge is -2.42. The number of aromatic nitrogens is 2. The van der Waals surface area contributed by atoms with Gasteiger partial charge in [0.05, 0.1) is 5.52 Å². The van der Waals surface area contributed by atoms with E-state index in [0.29, 0.717) is 0 Å². The maximum Gasteiger partial charge on any atom is 0.137 e. The minimum Gasteiger partial charge on any atom is -0.399 e. The first-order valence-electron chi connectivity index (χ1n) is 6.51. The number of benzene rings is 1. The number of hydrogen-bond acceptors (Lipinski definition) is 4. The van der Waals surface area contributed by atoms with E-state index in [0.717, 1.165) is 28.8 Å². The first kappa shape index (κ1) is 11.3. The third-order valence-corrected chi connectivity index (χ3v) is 4.03. The monoisotopic (exact) mass is 242 g/mol. The Balaban J connectivity index is 2.03. The molecule has 4 nitrogen and oxygen atoms in total. The fourth-order valence-electron chi connectivity index (χ4n) is 2.60. The molecule has 94 valence electrons. The normalized spacial score (nSPS) is 17.4. The molecule has 1 aromatic heterocycles. The third kappa shape index (κ3) is 1.78. The molecule has 3 rings (SSSR count). The lowest BCUT2D eigenvalue weighted by molar-refractivity contribution is 0.269. The Morgan fingerprint density at radius 1 is 1.33 bits per heavy atom. The molecule has 4 heteroatoms. The van der Waals surface area contributed by atoms with Crippen LogP contribution in [-0.2, 0) is 0 Å². The Labute approximate surface area is 107 Å². The van der Waals surface area contributed by atoms with E-state index in [4.69, 9.17) is 5.73 Å². The molecule has 1 aromatic carbocycles. The number of nitrogens with two attached hydrogens (primary N) is 1. The highest BCUT2D eigenvalue weighted by Crippen LogP contribution is 2.38. The van der Waals surface area contributed by atoms with Gasteiger partial charge in [-0.3, -0.25) is 0 Å². The molecule has 3 N–H and O–H groups in total. The van der Waals surface area contributed by atoms with Crippen molar-refractivity contribution < 1.29 is 0 Å². The van der Waals surface area contributed by atoms with Crippen molar-refractivity contribution in [2.75, 3.05) is 11.1 Å². The summed E-state index contributed by atoms with van der Waals surface area (Å²) in [4.78, 5) is 8.66. The van der Waals surface area contributed by atoms with E-state index < -0.39 is 0 Å². The fraction of sp³-hybridized carbons (Fsp3) is 0.429. The highest BCUT2D eigenvalue weighted by atomic mass is 15.1. The van der Waals surface area contributed by atoms with Gasteiger partial charge in [-0.25, -0.2) is 9.97 Å². The lowest BCUT2D eigenvalue weighted by atomic mass is 9.75. The zero-order chi connectivity index (χ0) is 12.6. The van der Waals surface area contributed by atoms with Crippen molar-refractivity contribution >= 4 is 22.4 Å². The van der Waals surface area contributed by atoms with Gasteiger partial charge in [-0.1, -0.05) is 6.92 Å². The molecule has 1 aliphatic carbocycles. The number of nitrogens with zero attached hydrogens (tertiary/aromatic N) is 2. The van der Waals surface area contributed by atoms with E-state index in [1.54, 1.807) is 6.33 Å². The average molecular weight is 242 g/mol. The van der Waals surface area contributed by atoms with Crippen LogP contribution < -0.4 is 11.1 Å². The van der Waals surface area contributed by atoms with E-state index in [2.05, 4.69) is 22.2 Å². The van der Waals surface area contributed by atoms with Crippen LogP contribution in [0.2, 0.25) is 0 Å². The fourth-order valence-corrected chi connectivity index (χ4v) is 2.60. The summed E-state index contributed by atoms with van der Waals surface area (Å²) < 4.78 is 0. The largest absolute Gasteiger partial charge is 0.399 e. The first-order chi connectivity index (χ1) is 8.72. The minimum atomic E-state index is 0.228. The van der Waals surface area contributed by atoms with Gasteiger partial charge in [-0.05, 0) is 43.9 Å². The molecule has 1 aliphatic rings. The Morgan fingerprint density at radius 2 is 2.17 bits per heavy atom. The molecule has 2 aromatic rings. The summed E-state index contributed by atoms with van der Waals surface area (Å²) in [7, 11) is 0. The predicted octanol–water partition coefficient (Wildman–Crippen LogP) is 2.96. The quantitative estimate of drug-likeness (QED) is 0.812. The van der Waals surface area contributed by atoms with Gasteiger partial charge in [0.1, 0.15) is 12.1 Å². The zero-order valence-corrected chi connectivity index (χ0v) is 10.6. The molecule has 0 unspecified atom stereocenters. The van der Waals surface area contributed by atoms with Crippen molar-refractivity contribution in [2.45, 2.75) is 38.1 Å². The molecule has 0 saturated heterocycles. The zero-order valence-electron chi connectivity index (χ0n) is 10.6. The standard InChI is InChI=1S/C14H18N4/c1-2-14(6-3-7-14)18-13-11-8-10(15)4-5-12(11)16-9-17-13/h4-5,8-9H,2-3,6-7,15H2,1H3,(H,16,17,18). The molecule has 1 heterocycles. The van der Waals surface area contributed by atoms with Crippen LogP contribution in [0.25, 0.3) is 10.9 Å². The Kier molecular flexibility index (Phi) is 2.58. The SMILES string of the molecule is CCC1(Nc2ncnc3ccc(N)cc23)CCC1. The molecule has 0 atom stereocenters. The van der Waals surface area contributed by atoms with Gasteiger partial charge in [-0.2, -0.15) is 0 Å². The summed E-state index contributed by atoms with van der Waals surface area (Å²) in [6.07, 6.45) is 6.48. The Hall–Kier alpha value is -1.84. The van der Waals surface area contributed by atoms with Gasteiger partial charge < -0.3 is 11.1 Å². The van der Waals surface area contributed by atoms with Crippen molar-refractivity contribution in [2.24, 2.45) is 0 Å². The first-order valence-corrected chi connectivity index (χ1v) is 6.51. The smallest absolute Gasteiger partial charge is 0.137 e. The number of hydrogen-bond donors (Lipinski definition) is 2. The second kappa shape index (κ2) is 4.12. The summed E-state index contributed by atoms with van der Waals surface area (Å²) in [5, 5.41) is 4.62. The summed E-state index contributed by atoms with van der Waals surface area (Å²) in [6.45, 7) is 2.23. The predicted molar refractivity (Wildman–Crippen MR) is 74.4 cm³/mol. The van der Waals surface area contributed by atoms with Crippen molar-refractivity contribution in [1.29, 1.82) is 0 Å². The van der Waals surface area contributed by atoms with Gasteiger partial charge in [0, 0.05) is 16.6 Å². The number of rotatable bonds is 3. The van der Waals surface area contributed by atoms with Crippen LogP contribution in [0.4, 0.5) is 11.5 Å². The molecule has 0 bridgehead atoms. The Bertz CT molecular complexity index is 570. The minimum absolute atomic E-state index is 0.228. The van der Waals surface area contributed by atoms with Crippen molar-refractivity contribution in [3.8, 4) is 0 Å². The second-order valence-electron chi connectivity index (χ2n) is 5.11. The van der Waals surface area contributed by atoms with Crippen molar-refractivity contribution in [3.63, 3.8) is 0 Å². The van der Waals surface area contributed by atoms with Crippen LogP contribution in [0.1, 0.15) is 32.6 Å². The molecular formula is C14H18N4. The van der Waals surface area contributed by atoms with Gasteiger partial charge in [0.2, 0.25) is 0 Å². The highest BCUT2D eigenvalue weighted by molar-refractivity contribution is 5.91. The summed E-state index contributed by atoms with van der Waals surface area (Å²) in [6, 6.07) is 5.76. The van der Waals surface area contributed by atoms with Crippen LogP contribution in [0, 0.1) is 0 Å². The van der Waals surface area contributed by atoms with E-state index in [9.17, 15) is 0 Å². The summed E-state index contributed by atoms with van der Waals surface area (Å²) in [5.41, 5.74) is 7.77. The van der Waals surface area contributed by atoms with Crippen LogP contribution in [0.5, 0.6) is 0 Å². The molecule has 1 saturated carbocycles. The molecule has 1 fully saturated rings. The van der Waals surface area contributed by atoms with Gasteiger partial charge in [0.25, 0.3) is 0 Å². The van der Waals surface area contributed by atoms with Crippen LogP contribution in [0.15, 0.2) is 24.5 Å².